The minimum atomic E-state index is -0.218. The number of benzene rings is 1. The molecule has 4 nitrogen and oxygen atoms in total. The van der Waals surface area contributed by atoms with Crippen LogP contribution in [0, 0.1) is 5.82 Å². The number of aromatic nitrogens is 2. The van der Waals surface area contributed by atoms with Crippen LogP contribution in [-0.2, 0) is 6.42 Å². The molecule has 1 fully saturated rings. The van der Waals surface area contributed by atoms with Crippen LogP contribution in [0.15, 0.2) is 36.7 Å². The largest absolute Gasteiger partial charge is 0.365 e. The number of anilines is 1. The van der Waals surface area contributed by atoms with E-state index < -0.39 is 0 Å². The summed E-state index contributed by atoms with van der Waals surface area (Å²) in [6.07, 6.45) is 5.34. The third-order valence-corrected chi connectivity index (χ3v) is 3.92. The molecule has 0 saturated carbocycles. The van der Waals surface area contributed by atoms with Gasteiger partial charge in [-0.1, -0.05) is 12.1 Å². The van der Waals surface area contributed by atoms with Crippen LogP contribution >= 0.6 is 0 Å². The first-order chi connectivity index (χ1) is 10.7. The molecule has 1 atom stereocenters. The lowest BCUT2D eigenvalue weighted by Gasteiger charge is -2.33. The van der Waals surface area contributed by atoms with E-state index in [4.69, 9.17) is 0 Å². The lowest BCUT2D eigenvalue weighted by Crippen LogP contribution is -2.43. The maximum atomic E-state index is 13.0. The minimum Gasteiger partial charge on any atom is -0.365 e. The molecule has 1 saturated heterocycles. The van der Waals surface area contributed by atoms with E-state index in [1.54, 1.807) is 24.5 Å². The first-order valence-corrected chi connectivity index (χ1v) is 7.74. The first-order valence-electron chi connectivity index (χ1n) is 7.74. The second kappa shape index (κ2) is 6.83. The predicted molar refractivity (Wildman–Crippen MR) is 85.4 cm³/mol. The Labute approximate surface area is 130 Å². The molecule has 1 unspecified atom stereocenters. The van der Waals surface area contributed by atoms with Gasteiger partial charge in [-0.3, -0.25) is 4.98 Å². The van der Waals surface area contributed by atoms with Gasteiger partial charge in [-0.25, -0.2) is 9.37 Å². The molecular formula is C17H21FN4. The van der Waals surface area contributed by atoms with E-state index in [0.29, 0.717) is 12.5 Å². The molecular weight excluding hydrogens is 279 g/mol. The lowest BCUT2D eigenvalue weighted by atomic mass is 10.1. The number of halogens is 1. The fourth-order valence-corrected chi connectivity index (χ4v) is 2.64. The molecule has 22 heavy (non-hydrogen) atoms. The number of likely N-dealkylation sites (tertiary alicyclic amines) is 1. The first kappa shape index (κ1) is 14.9. The van der Waals surface area contributed by atoms with Gasteiger partial charge in [0.25, 0.3) is 0 Å². The maximum absolute atomic E-state index is 13.0. The van der Waals surface area contributed by atoms with Gasteiger partial charge in [-0.15, -0.1) is 0 Å². The van der Waals surface area contributed by atoms with Gasteiger partial charge in [0, 0.05) is 31.4 Å². The van der Waals surface area contributed by atoms with Crippen molar-refractivity contribution in [3.05, 3.63) is 53.7 Å². The molecule has 0 amide bonds. The summed E-state index contributed by atoms with van der Waals surface area (Å²) in [6, 6.07) is 6.86. The number of hydrogen-bond donors (Lipinski definition) is 1. The Hall–Kier alpha value is -2.01. The zero-order chi connectivity index (χ0) is 15.4. The van der Waals surface area contributed by atoms with Gasteiger partial charge in [-0.2, -0.15) is 0 Å². The average Bonchev–Trinajstić information content (AvgIpc) is 2.47. The monoisotopic (exact) mass is 300 g/mol. The van der Waals surface area contributed by atoms with Crippen LogP contribution < -0.4 is 5.32 Å². The highest BCUT2D eigenvalue weighted by atomic mass is 19.1. The average molecular weight is 300 g/mol. The van der Waals surface area contributed by atoms with E-state index in [1.807, 2.05) is 0 Å². The van der Waals surface area contributed by atoms with E-state index in [2.05, 4.69) is 27.1 Å². The number of nitrogens with one attached hydrogen (secondary N) is 1. The van der Waals surface area contributed by atoms with Crippen molar-refractivity contribution < 1.29 is 4.39 Å². The Morgan fingerprint density at radius 3 is 2.59 bits per heavy atom. The summed E-state index contributed by atoms with van der Waals surface area (Å²) in [7, 11) is 0. The fourth-order valence-electron chi connectivity index (χ4n) is 2.64. The van der Waals surface area contributed by atoms with E-state index in [0.717, 1.165) is 23.6 Å². The molecule has 116 valence electrons. The van der Waals surface area contributed by atoms with Crippen LogP contribution in [0.3, 0.4) is 0 Å². The second-order valence-electron chi connectivity index (χ2n) is 5.85. The number of hydrogen-bond acceptors (Lipinski definition) is 4. The highest BCUT2D eigenvalue weighted by Gasteiger charge is 2.17. The molecule has 3 rings (SSSR count). The number of nitrogens with zero attached hydrogens (tertiary/aromatic N) is 3. The molecule has 2 heterocycles. The van der Waals surface area contributed by atoms with Crippen molar-refractivity contribution >= 4 is 5.82 Å². The minimum absolute atomic E-state index is 0.218. The Morgan fingerprint density at radius 2 is 1.91 bits per heavy atom. The zero-order valence-corrected chi connectivity index (χ0v) is 12.8. The molecule has 1 aromatic carbocycles. The van der Waals surface area contributed by atoms with Gasteiger partial charge in [0.05, 0.1) is 5.69 Å². The Morgan fingerprint density at radius 1 is 1.18 bits per heavy atom. The predicted octanol–water partition coefficient (Wildman–Crippen LogP) is 2.71. The Balaban J connectivity index is 1.67. The summed E-state index contributed by atoms with van der Waals surface area (Å²) >= 11 is 0. The second-order valence-corrected chi connectivity index (χ2v) is 5.85. The lowest BCUT2D eigenvalue weighted by molar-refractivity contribution is 0.176. The van der Waals surface area contributed by atoms with Crippen LogP contribution in [0.2, 0.25) is 0 Å². The normalized spacial score (nSPS) is 16.1. The molecule has 1 N–H and O–H groups in total. The summed E-state index contributed by atoms with van der Waals surface area (Å²) in [5, 5.41) is 3.45. The third-order valence-electron chi connectivity index (χ3n) is 3.92. The van der Waals surface area contributed by atoms with E-state index in [1.165, 1.54) is 31.6 Å². The smallest absolute Gasteiger partial charge is 0.148 e. The standard InChI is InChI=1S/C17H21FN4/c1-13(12-22-9-2-10-22)21-17-16(19-7-8-20-17)11-14-3-5-15(18)6-4-14/h3-8,13H,2,9-12H2,1H3,(H,20,21). The van der Waals surface area contributed by atoms with Gasteiger partial charge in [0.2, 0.25) is 0 Å². The quantitative estimate of drug-likeness (QED) is 0.890. The summed E-state index contributed by atoms with van der Waals surface area (Å²) in [5.74, 6) is 0.601. The molecule has 1 aliphatic rings. The number of rotatable bonds is 6. The van der Waals surface area contributed by atoms with Crippen LogP contribution in [0.1, 0.15) is 24.6 Å². The van der Waals surface area contributed by atoms with Crippen molar-refractivity contribution in [1.82, 2.24) is 14.9 Å². The SMILES string of the molecule is CC(CN1CCC1)Nc1nccnc1Cc1ccc(F)cc1. The van der Waals surface area contributed by atoms with Crippen molar-refractivity contribution in [1.29, 1.82) is 0 Å². The van der Waals surface area contributed by atoms with E-state index >= 15 is 0 Å². The summed E-state index contributed by atoms with van der Waals surface area (Å²) in [6.45, 7) is 5.56. The van der Waals surface area contributed by atoms with E-state index in [9.17, 15) is 4.39 Å². The molecule has 0 bridgehead atoms. The van der Waals surface area contributed by atoms with Crippen molar-refractivity contribution in [2.75, 3.05) is 25.0 Å². The summed E-state index contributed by atoms with van der Waals surface area (Å²) in [4.78, 5) is 11.3. The van der Waals surface area contributed by atoms with Gasteiger partial charge in [-0.05, 0) is 44.1 Å². The zero-order valence-electron chi connectivity index (χ0n) is 12.8. The molecule has 0 radical (unpaired) electrons. The van der Waals surface area contributed by atoms with Gasteiger partial charge < -0.3 is 10.2 Å². The highest BCUT2D eigenvalue weighted by molar-refractivity contribution is 5.43. The maximum Gasteiger partial charge on any atom is 0.148 e. The molecule has 5 heteroatoms. The Kier molecular flexibility index (Phi) is 4.63. The van der Waals surface area contributed by atoms with Gasteiger partial charge >= 0.3 is 0 Å². The van der Waals surface area contributed by atoms with Crippen molar-refractivity contribution in [3.63, 3.8) is 0 Å². The summed E-state index contributed by atoms with van der Waals surface area (Å²) in [5.41, 5.74) is 1.92. The molecule has 1 aliphatic heterocycles. The van der Waals surface area contributed by atoms with Crippen LogP contribution in [0.4, 0.5) is 10.2 Å². The van der Waals surface area contributed by atoms with Crippen LogP contribution in [-0.4, -0.2) is 40.5 Å². The third kappa shape index (κ3) is 3.80. The topological polar surface area (TPSA) is 41.0 Å². The molecule has 1 aromatic heterocycles. The van der Waals surface area contributed by atoms with Crippen molar-refractivity contribution in [3.8, 4) is 0 Å². The van der Waals surface area contributed by atoms with Crippen molar-refractivity contribution in [2.24, 2.45) is 0 Å². The summed E-state index contributed by atoms with van der Waals surface area (Å²) < 4.78 is 13.0. The van der Waals surface area contributed by atoms with Crippen molar-refractivity contribution in [2.45, 2.75) is 25.8 Å². The fraction of sp³-hybridized carbons (Fsp3) is 0.412. The Bertz CT molecular complexity index is 610. The van der Waals surface area contributed by atoms with Gasteiger partial charge in [0.1, 0.15) is 11.6 Å². The molecule has 2 aromatic rings. The molecule has 0 spiro atoms. The molecule has 0 aliphatic carbocycles. The highest BCUT2D eigenvalue weighted by Crippen LogP contribution is 2.16. The van der Waals surface area contributed by atoms with Crippen LogP contribution in [0.25, 0.3) is 0 Å². The van der Waals surface area contributed by atoms with E-state index in [-0.39, 0.29) is 5.82 Å². The van der Waals surface area contributed by atoms with Crippen LogP contribution in [0.5, 0.6) is 0 Å². The van der Waals surface area contributed by atoms with Gasteiger partial charge in [0.15, 0.2) is 0 Å².